The lowest BCUT2D eigenvalue weighted by Crippen LogP contribution is -2.47. The van der Waals surface area contributed by atoms with Crippen molar-refractivity contribution in [2.45, 2.75) is 32.7 Å². The Balaban J connectivity index is 2.07. The van der Waals surface area contributed by atoms with Gasteiger partial charge in [0.2, 0.25) is 0 Å². The second kappa shape index (κ2) is 5.10. The number of aryl methyl sites for hydroxylation is 1. The molecule has 1 aliphatic rings. The van der Waals surface area contributed by atoms with Crippen LogP contribution in [0.4, 0.5) is 0 Å². The lowest BCUT2D eigenvalue weighted by atomic mass is 9.77. The summed E-state index contributed by atoms with van der Waals surface area (Å²) in [5, 5.41) is 9.44. The van der Waals surface area contributed by atoms with Crippen LogP contribution in [0.25, 0.3) is 0 Å². The third kappa shape index (κ3) is 2.41. The Kier molecular flexibility index (Phi) is 3.71. The molecule has 2 heterocycles. The van der Waals surface area contributed by atoms with Gasteiger partial charge in [-0.3, -0.25) is 9.69 Å². The maximum absolute atomic E-state index is 11.5. The number of likely N-dealkylation sites (tertiary alicyclic amines) is 1. The minimum Gasteiger partial charge on any atom is -0.481 e. The maximum atomic E-state index is 11.5. The van der Waals surface area contributed by atoms with Gasteiger partial charge in [-0.05, 0) is 25.8 Å². The van der Waals surface area contributed by atoms with Crippen LogP contribution in [0.15, 0.2) is 12.4 Å². The van der Waals surface area contributed by atoms with Gasteiger partial charge in [-0.2, -0.15) is 0 Å². The van der Waals surface area contributed by atoms with E-state index in [1.165, 1.54) is 0 Å². The van der Waals surface area contributed by atoms with E-state index >= 15 is 0 Å². The van der Waals surface area contributed by atoms with Gasteiger partial charge < -0.3 is 9.67 Å². The molecule has 100 valence electrons. The SMILES string of the molecule is CC[C@]1(C(=O)O)CCCN(Cc2nccn2C)C1. The first-order valence-electron chi connectivity index (χ1n) is 6.49. The highest BCUT2D eigenvalue weighted by molar-refractivity contribution is 5.75. The third-order valence-electron chi connectivity index (χ3n) is 4.07. The fraction of sp³-hybridized carbons (Fsp3) is 0.692. The number of aromatic nitrogens is 2. The molecule has 0 aliphatic carbocycles. The van der Waals surface area contributed by atoms with Crippen molar-refractivity contribution in [3.63, 3.8) is 0 Å². The Morgan fingerprint density at radius 3 is 2.94 bits per heavy atom. The summed E-state index contributed by atoms with van der Waals surface area (Å²) < 4.78 is 1.99. The monoisotopic (exact) mass is 251 g/mol. The number of hydrogen-bond acceptors (Lipinski definition) is 3. The van der Waals surface area contributed by atoms with E-state index in [2.05, 4.69) is 9.88 Å². The highest BCUT2D eigenvalue weighted by Crippen LogP contribution is 2.34. The molecule has 0 spiro atoms. The first-order valence-corrected chi connectivity index (χ1v) is 6.49. The number of piperidine rings is 1. The first-order chi connectivity index (χ1) is 8.57. The first kappa shape index (κ1) is 13.1. The van der Waals surface area contributed by atoms with Gasteiger partial charge in [0.25, 0.3) is 0 Å². The molecule has 0 saturated carbocycles. The Morgan fingerprint density at radius 1 is 1.61 bits per heavy atom. The zero-order valence-electron chi connectivity index (χ0n) is 11.1. The topological polar surface area (TPSA) is 58.4 Å². The molecule has 0 amide bonds. The molecule has 0 unspecified atom stereocenters. The van der Waals surface area contributed by atoms with Gasteiger partial charge >= 0.3 is 5.97 Å². The molecule has 0 bridgehead atoms. The Bertz CT molecular complexity index is 430. The Hall–Kier alpha value is -1.36. The number of rotatable bonds is 4. The van der Waals surface area contributed by atoms with Gasteiger partial charge in [0.05, 0.1) is 12.0 Å². The van der Waals surface area contributed by atoms with E-state index in [0.29, 0.717) is 13.0 Å². The van der Waals surface area contributed by atoms with E-state index in [0.717, 1.165) is 31.8 Å². The van der Waals surface area contributed by atoms with Gasteiger partial charge in [-0.15, -0.1) is 0 Å². The maximum Gasteiger partial charge on any atom is 0.310 e. The van der Waals surface area contributed by atoms with Crippen molar-refractivity contribution >= 4 is 5.97 Å². The lowest BCUT2D eigenvalue weighted by molar-refractivity contribution is -0.153. The smallest absolute Gasteiger partial charge is 0.310 e. The minimum atomic E-state index is -0.658. The van der Waals surface area contributed by atoms with Gasteiger partial charge in [0, 0.05) is 26.0 Å². The predicted molar refractivity (Wildman–Crippen MR) is 68.1 cm³/mol. The van der Waals surface area contributed by atoms with Crippen molar-refractivity contribution in [3.05, 3.63) is 18.2 Å². The summed E-state index contributed by atoms with van der Waals surface area (Å²) in [5.41, 5.74) is -0.566. The van der Waals surface area contributed by atoms with E-state index in [9.17, 15) is 9.90 Å². The fourth-order valence-corrected chi connectivity index (χ4v) is 2.73. The van der Waals surface area contributed by atoms with Crippen LogP contribution in [-0.4, -0.2) is 38.6 Å². The number of imidazole rings is 1. The zero-order valence-corrected chi connectivity index (χ0v) is 11.1. The number of nitrogens with zero attached hydrogens (tertiary/aromatic N) is 3. The highest BCUT2D eigenvalue weighted by atomic mass is 16.4. The average Bonchev–Trinajstić information content (AvgIpc) is 2.75. The van der Waals surface area contributed by atoms with Crippen LogP contribution in [0.2, 0.25) is 0 Å². The van der Waals surface area contributed by atoms with E-state index in [1.807, 2.05) is 24.7 Å². The molecule has 1 N–H and O–H groups in total. The zero-order chi connectivity index (χ0) is 13.2. The molecule has 1 aromatic heterocycles. The van der Waals surface area contributed by atoms with Crippen molar-refractivity contribution in [2.75, 3.05) is 13.1 Å². The quantitative estimate of drug-likeness (QED) is 0.881. The summed E-state index contributed by atoms with van der Waals surface area (Å²) in [5.74, 6) is 0.335. The largest absolute Gasteiger partial charge is 0.481 e. The molecule has 1 aliphatic heterocycles. The normalized spacial score (nSPS) is 25.2. The molecule has 5 heteroatoms. The molecule has 18 heavy (non-hydrogen) atoms. The van der Waals surface area contributed by atoms with Crippen LogP contribution in [-0.2, 0) is 18.4 Å². The number of carbonyl (C=O) groups is 1. The van der Waals surface area contributed by atoms with Crippen LogP contribution in [0.1, 0.15) is 32.0 Å². The van der Waals surface area contributed by atoms with Gasteiger partial charge in [-0.25, -0.2) is 4.98 Å². The van der Waals surface area contributed by atoms with Crippen LogP contribution >= 0.6 is 0 Å². The molecule has 5 nitrogen and oxygen atoms in total. The standard InChI is InChI=1S/C13H21N3O2/c1-3-13(12(17)18)5-4-7-16(10-13)9-11-14-6-8-15(11)2/h6,8H,3-5,7,9-10H2,1-2H3,(H,17,18)/t13-/m0/s1. The van der Waals surface area contributed by atoms with Crippen molar-refractivity contribution < 1.29 is 9.90 Å². The molecule has 1 fully saturated rings. The molecule has 0 aromatic carbocycles. The molecule has 1 atom stereocenters. The van der Waals surface area contributed by atoms with Crippen molar-refractivity contribution in [2.24, 2.45) is 12.5 Å². The van der Waals surface area contributed by atoms with E-state index in [1.54, 1.807) is 6.20 Å². The molecule has 1 saturated heterocycles. The molecule has 2 rings (SSSR count). The predicted octanol–water partition coefficient (Wildman–Crippen LogP) is 1.50. The molecular formula is C13H21N3O2. The number of hydrogen-bond donors (Lipinski definition) is 1. The molecular weight excluding hydrogens is 230 g/mol. The summed E-state index contributed by atoms with van der Waals surface area (Å²) in [7, 11) is 1.97. The van der Waals surface area contributed by atoms with E-state index in [-0.39, 0.29) is 0 Å². The number of aliphatic carboxylic acids is 1. The van der Waals surface area contributed by atoms with Crippen molar-refractivity contribution in [3.8, 4) is 0 Å². The molecule has 0 radical (unpaired) electrons. The van der Waals surface area contributed by atoms with Crippen molar-refractivity contribution in [1.29, 1.82) is 0 Å². The van der Waals surface area contributed by atoms with Gasteiger partial charge in [0.1, 0.15) is 5.82 Å². The summed E-state index contributed by atoms with van der Waals surface area (Å²) in [6.45, 7) is 4.30. The summed E-state index contributed by atoms with van der Waals surface area (Å²) >= 11 is 0. The van der Waals surface area contributed by atoms with Gasteiger partial charge in [-0.1, -0.05) is 6.92 Å². The lowest BCUT2D eigenvalue weighted by Gasteiger charge is -2.39. The number of carboxylic acid groups (broad SMARTS) is 1. The highest BCUT2D eigenvalue weighted by Gasteiger charge is 2.40. The second-order valence-electron chi connectivity index (χ2n) is 5.21. The van der Waals surface area contributed by atoms with E-state index < -0.39 is 11.4 Å². The fourth-order valence-electron chi connectivity index (χ4n) is 2.73. The summed E-state index contributed by atoms with van der Waals surface area (Å²) in [4.78, 5) is 18.0. The number of carboxylic acids is 1. The Labute approximate surface area is 107 Å². The Morgan fingerprint density at radius 2 is 2.39 bits per heavy atom. The summed E-state index contributed by atoms with van der Waals surface area (Å²) in [6.07, 6.45) is 6.13. The second-order valence-corrected chi connectivity index (χ2v) is 5.21. The van der Waals surface area contributed by atoms with Crippen LogP contribution in [0.3, 0.4) is 0 Å². The van der Waals surface area contributed by atoms with E-state index in [4.69, 9.17) is 0 Å². The van der Waals surface area contributed by atoms with Crippen LogP contribution < -0.4 is 0 Å². The van der Waals surface area contributed by atoms with Crippen molar-refractivity contribution in [1.82, 2.24) is 14.5 Å². The van der Waals surface area contributed by atoms with Crippen LogP contribution in [0.5, 0.6) is 0 Å². The average molecular weight is 251 g/mol. The van der Waals surface area contributed by atoms with Gasteiger partial charge in [0.15, 0.2) is 0 Å². The van der Waals surface area contributed by atoms with Crippen LogP contribution in [0, 0.1) is 5.41 Å². The molecule has 1 aromatic rings. The minimum absolute atomic E-state index is 0.566. The summed E-state index contributed by atoms with van der Waals surface area (Å²) in [6, 6.07) is 0. The third-order valence-corrected chi connectivity index (χ3v) is 4.07.